The maximum atomic E-state index is 11.1. The molecule has 90 valence electrons. The third-order valence-corrected chi connectivity index (χ3v) is 4.20. The van der Waals surface area contributed by atoms with Gasteiger partial charge in [0.25, 0.3) is 0 Å². The summed E-state index contributed by atoms with van der Waals surface area (Å²) < 4.78 is 26.7. The van der Waals surface area contributed by atoms with Crippen LogP contribution >= 0.6 is 12.4 Å². The van der Waals surface area contributed by atoms with E-state index in [1.54, 1.807) is 0 Å². The van der Waals surface area contributed by atoms with E-state index in [0.29, 0.717) is 12.8 Å². The van der Waals surface area contributed by atoms with E-state index < -0.39 is 15.4 Å². The van der Waals surface area contributed by atoms with Crippen LogP contribution in [0.15, 0.2) is 0 Å². The molecule has 0 aromatic heterocycles. The van der Waals surface area contributed by atoms with Crippen molar-refractivity contribution in [2.24, 2.45) is 5.73 Å². The van der Waals surface area contributed by atoms with E-state index >= 15 is 0 Å². The molecular weight excluding hydrogens is 242 g/mol. The second kappa shape index (κ2) is 5.14. The molecule has 5 nitrogen and oxygen atoms in total. The van der Waals surface area contributed by atoms with Gasteiger partial charge in [-0.05, 0) is 12.8 Å². The summed E-state index contributed by atoms with van der Waals surface area (Å²) in [4.78, 5) is 11.0. The Balaban J connectivity index is 0.00000196. The normalized spacial score (nSPS) is 22.5. The Morgan fingerprint density at radius 1 is 1.40 bits per heavy atom. The van der Waals surface area contributed by atoms with Crippen molar-refractivity contribution in [3.05, 3.63) is 0 Å². The number of hydrogen-bond acceptors (Lipinski definition) is 5. The number of sulfone groups is 1. The second-order valence-corrected chi connectivity index (χ2v) is 6.07. The number of nitrogens with two attached hydrogens (primary N) is 1. The van der Waals surface area contributed by atoms with Gasteiger partial charge in [0, 0.05) is 5.54 Å². The monoisotopic (exact) mass is 257 g/mol. The molecule has 2 N–H and O–H groups in total. The van der Waals surface area contributed by atoms with Gasteiger partial charge in [-0.1, -0.05) is 0 Å². The van der Waals surface area contributed by atoms with E-state index in [9.17, 15) is 13.2 Å². The van der Waals surface area contributed by atoms with E-state index in [1.165, 1.54) is 7.11 Å². The Morgan fingerprint density at radius 2 is 1.87 bits per heavy atom. The molecule has 1 saturated heterocycles. The number of carbonyl (C=O) groups excluding carboxylic acids is 1. The maximum Gasteiger partial charge on any atom is 0.307 e. The Hall–Kier alpha value is -0.330. The van der Waals surface area contributed by atoms with Crippen LogP contribution in [0.1, 0.15) is 19.3 Å². The highest BCUT2D eigenvalue weighted by Gasteiger charge is 2.35. The number of carbonyl (C=O) groups is 1. The van der Waals surface area contributed by atoms with E-state index in [2.05, 4.69) is 4.74 Å². The number of rotatable bonds is 2. The van der Waals surface area contributed by atoms with Gasteiger partial charge < -0.3 is 10.5 Å². The van der Waals surface area contributed by atoms with Gasteiger partial charge in [0.05, 0.1) is 25.0 Å². The van der Waals surface area contributed by atoms with Crippen LogP contribution in [0, 0.1) is 0 Å². The molecular formula is C8H16ClNO4S. The molecule has 1 aliphatic rings. The predicted molar refractivity (Wildman–Crippen MR) is 58.7 cm³/mol. The van der Waals surface area contributed by atoms with E-state index in [0.717, 1.165) is 0 Å². The van der Waals surface area contributed by atoms with Gasteiger partial charge in [-0.25, -0.2) is 8.42 Å². The minimum atomic E-state index is -2.93. The fourth-order valence-electron chi connectivity index (χ4n) is 1.48. The molecule has 0 aliphatic carbocycles. The Bertz CT molecular complexity index is 314. The molecule has 0 aromatic rings. The Labute approximate surface area is 95.7 Å². The van der Waals surface area contributed by atoms with Gasteiger partial charge in [-0.15, -0.1) is 12.4 Å². The molecule has 1 heterocycles. The highest BCUT2D eigenvalue weighted by atomic mass is 35.5. The molecule has 0 amide bonds. The van der Waals surface area contributed by atoms with Gasteiger partial charge >= 0.3 is 5.97 Å². The first-order chi connectivity index (χ1) is 6.37. The Kier molecular flexibility index (Phi) is 5.02. The summed E-state index contributed by atoms with van der Waals surface area (Å²) in [5, 5.41) is 0. The molecule has 0 radical (unpaired) electrons. The first kappa shape index (κ1) is 14.7. The third kappa shape index (κ3) is 4.36. The van der Waals surface area contributed by atoms with Crippen molar-refractivity contribution in [3.8, 4) is 0 Å². The summed E-state index contributed by atoms with van der Waals surface area (Å²) >= 11 is 0. The van der Waals surface area contributed by atoms with Crippen LogP contribution in [0.4, 0.5) is 0 Å². The van der Waals surface area contributed by atoms with Gasteiger partial charge in [0.15, 0.2) is 0 Å². The lowest BCUT2D eigenvalue weighted by Crippen LogP contribution is -2.48. The van der Waals surface area contributed by atoms with Crippen molar-refractivity contribution < 1.29 is 17.9 Å². The fraction of sp³-hybridized carbons (Fsp3) is 0.875. The molecule has 15 heavy (non-hydrogen) atoms. The van der Waals surface area contributed by atoms with Gasteiger partial charge in [0.1, 0.15) is 9.84 Å². The van der Waals surface area contributed by atoms with Crippen molar-refractivity contribution >= 4 is 28.2 Å². The molecule has 1 fully saturated rings. The molecule has 0 saturated carbocycles. The molecule has 1 aliphatic heterocycles. The minimum Gasteiger partial charge on any atom is -0.469 e. The first-order valence-corrected chi connectivity index (χ1v) is 6.25. The lowest BCUT2D eigenvalue weighted by Gasteiger charge is -2.31. The largest absolute Gasteiger partial charge is 0.469 e. The SMILES string of the molecule is COC(=O)CC1(N)CCS(=O)(=O)CC1.Cl. The van der Waals surface area contributed by atoms with Crippen LogP contribution < -0.4 is 5.73 Å². The van der Waals surface area contributed by atoms with Crippen LogP contribution in [0.2, 0.25) is 0 Å². The summed E-state index contributed by atoms with van der Waals surface area (Å²) in [6.45, 7) is 0. The number of esters is 1. The van der Waals surface area contributed by atoms with Gasteiger partial charge in [0.2, 0.25) is 0 Å². The number of hydrogen-bond donors (Lipinski definition) is 1. The van der Waals surface area contributed by atoms with E-state index in [-0.39, 0.29) is 36.3 Å². The molecule has 0 spiro atoms. The van der Waals surface area contributed by atoms with Crippen molar-refractivity contribution in [2.45, 2.75) is 24.8 Å². The molecule has 0 atom stereocenters. The third-order valence-electron chi connectivity index (χ3n) is 2.55. The van der Waals surface area contributed by atoms with Crippen molar-refractivity contribution in [1.29, 1.82) is 0 Å². The molecule has 0 bridgehead atoms. The standard InChI is InChI=1S/C8H15NO4S.ClH/c1-13-7(10)6-8(9)2-4-14(11,12)5-3-8;/h2-6,9H2,1H3;1H. The Morgan fingerprint density at radius 3 is 2.27 bits per heavy atom. The summed E-state index contributed by atoms with van der Waals surface area (Å²) in [5.41, 5.74) is 5.20. The predicted octanol–water partition coefficient (Wildman–Crippen LogP) is -0.123. The summed E-state index contributed by atoms with van der Waals surface area (Å²) in [5.74, 6) is -0.243. The molecule has 0 unspecified atom stereocenters. The van der Waals surface area contributed by atoms with Crippen LogP contribution in [0.3, 0.4) is 0 Å². The van der Waals surface area contributed by atoms with E-state index in [4.69, 9.17) is 5.73 Å². The average molecular weight is 258 g/mol. The van der Waals surface area contributed by atoms with Crippen LogP contribution in [0.25, 0.3) is 0 Å². The van der Waals surface area contributed by atoms with Crippen LogP contribution in [-0.2, 0) is 19.4 Å². The highest BCUT2D eigenvalue weighted by molar-refractivity contribution is 7.91. The smallest absolute Gasteiger partial charge is 0.307 e. The first-order valence-electron chi connectivity index (χ1n) is 4.43. The average Bonchev–Trinajstić information content (AvgIpc) is 2.11. The van der Waals surface area contributed by atoms with Crippen LogP contribution in [-0.4, -0.2) is 38.5 Å². The van der Waals surface area contributed by atoms with Crippen molar-refractivity contribution in [2.75, 3.05) is 18.6 Å². The van der Waals surface area contributed by atoms with E-state index in [1.807, 2.05) is 0 Å². The number of halogens is 1. The topological polar surface area (TPSA) is 86.5 Å². The summed E-state index contributed by atoms with van der Waals surface area (Å²) in [6.07, 6.45) is 0.772. The lowest BCUT2D eigenvalue weighted by molar-refractivity contribution is -0.142. The van der Waals surface area contributed by atoms with Crippen molar-refractivity contribution in [3.63, 3.8) is 0 Å². The van der Waals surface area contributed by atoms with Gasteiger partial charge in [-0.3, -0.25) is 4.79 Å². The number of methoxy groups -OCH3 is 1. The van der Waals surface area contributed by atoms with Crippen LogP contribution in [0.5, 0.6) is 0 Å². The lowest BCUT2D eigenvalue weighted by atomic mass is 9.90. The minimum absolute atomic E-state index is 0. The zero-order valence-electron chi connectivity index (χ0n) is 8.56. The highest BCUT2D eigenvalue weighted by Crippen LogP contribution is 2.24. The zero-order chi connectivity index (χ0) is 10.8. The molecule has 0 aromatic carbocycles. The summed E-state index contributed by atoms with van der Waals surface area (Å²) in [7, 11) is -1.63. The zero-order valence-corrected chi connectivity index (χ0v) is 10.2. The number of ether oxygens (including phenoxy) is 1. The second-order valence-electron chi connectivity index (χ2n) is 3.77. The molecule has 1 rings (SSSR count). The summed E-state index contributed by atoms with van der Waals surface area (Å²) in [6, 6.07) is 0. The van der Waals surface area contributed by atoms with Gasteiger partial charge in [-0.2, -0.15) is 0 Å². The maximum absolute atomic E-state index is 11.1. The fourth-order valence-corrected chi connectivity index (χ4v) is 3.12. The quantitative estimate of drug-likeness (QED) is 0.697. The van der Waals surface area contributed by atoms with Crippen molar-refractivity contribution in [1.82, 2.24) is 0 Å². The molecule has 7 heteroatoms.